The third-order valence-corrected chi connectivity index (χ3v) is 5.28. The van der Waals surface area contributed by atoms with Gasteiger partial charge in [0.25, 0.3) is 0 Å². The van der Waals surface area contributed by atoms with Gasteiger partial charge in [0.05, 0.1) is 6.61 Å². The Bertz CT molecular complexity index is 920. The maximum absolute atomic E-state index is 11.4. The van der Waals surface area contributed by atoms with Gasteiger partial charge in [0, 0.05) is 19.8 Å². The van der Waals surface area contributed by atoms with Crippen LogP contribution >= 0.6 is 0 Å². The van der Waals surface area contributed by atoms with Crippen molar-refractivity contribution in [2.45, 2.75) is 38.3 Å². The quantitative estimate of drug-likeness (QED) is 0.537. The van der Waals surface area contributed by atoms with E-state index in [1.165, 1.54) is 36.1 Å². The molecule has 0 amide bonds. The minimum absolute atomic E-state index is 0.0213. The van der Waals surface area contributed by atoms with E-state index in [4.69, 9.17) is 18.9 Å². The second kappa shape index (κ2) is 8.81. The normalized spacial score (nSPS) is 22.3. The van der Waals surface area contributed by atoms with E-state index in [1.807, 2.05) is 24.3 Å². The second-order valence-electron chi connectivity index (χ2n) is 7.36. The van der Waals surface area contributed by atoms with Crippen molar-refractivity contribution in [2.75, 3.05) is 13.2 Å². The standard InChI is InChI=1S/C24H24O6/c1-15(25)27-14-23-22(29-16(2)26)11-12-24(30-23)28-13-21-19-9-5-3-7-17(19)18-8-4-6-10-20(18)21/h3-12,21-24H,13-14H2,1-2H3/t22-,23+,24-/m0/s1. The summed E-state index contributed by atoms with van der Waals surface area (Å²) in [6.45, 7) is 3.06. The van der Waals surface area contributed by atoms with Crippen molar-refractivity contribution in [3.05, 3.63) is 71.8 Å². The van der Waals surface area contributed by atoms with E-state index in [0.717, 1.165) is 0 Å². The van der Waals surface area contributed by atoms with Gasteiger partial charge in [0.1, 0.15) is 18.8 Å². The predicted octanol–water partition coefficient (Wildman–Crippen LogP) is 3.59. The molecule has 1 heterocycles. The largest absolute Gasteiger partial charge is 0.463 e. The lowest BCUT2D eigenvalue weighted by Gasteiger charge is -2.31. The molecule has 1 aliphatic heterocycles. The van der Waals surface area contributed by atoms with E-state index in [0.29, 0.717) is 6.61 Å². The Labute approximate surface area is 175 Å². The fourth-order valence-electron chi connectivity index (χ4n) is 3.98. The van der Waals surface area contributed by atoms with Crippen molar-refractivity contribution < 1.29 is 28.5 Å². The maximum atomic E-state index is 11.4. The molecule has 156 valence electrons. The van der Waals surface area contributed by atoms with Crippen molar-refractivity contribution in [1.29, 1.82) is 0 Å². The van der Waals surface area contributed by atoms with Crippen molar-refractivity contribution in [3.63, 3.8) is 0 Å². The molecule has 0 aromatic heterocycles. The molecule has 6 heteroatoms. The van der Waals surface area contributed by atoms with Gasteiger partial charge in [-0.25, -0.2) is 0 Å². The van der Waals surface area contributed by atoms with Gasteiger partial charge in [-0.3, -0.25) is 9.59 Å². The van der Waals surface area contributed by atoms with Crippen LogP contribution in [0.4, 0.5) is 0 Å². The zero-order chi connectivity index (χ0) is 21.1. The molecule has 0 saturated heterocycles. The highest BCUT2D eigenvalue weighted by atomic mass is 16.7. The van der Waals surface area contributed by atoms with Gasteiger partial charge >= 0.3 is 11.9 Å². The first-order valence-electron chi connectivity index (χ1n) is 9.97. The number of carbonyl (C=O) groups is 2. The van der Waals surface area contributed by atoms with Crippen LogP contribution in [-0.4, -0.2) is 43.7 Å². The molecule has 0 spiro atoms. The number of carbonyl (C=O) groups excluding carboxylic acids is 2. The molecule has 2 aromatic carbocycles. The second-order valence-corrected chi connectivity index (χ2v) is 7.36. The first-order valence-corrected chi connectivity index (χ1v) is 9.97. The summed E-state index contributed by atoms with van der Waals surface area (Å²) in [5.74, 6) is -0.751. The number of esters is 2. The highest BCUT2D eigenvalue weighted by Gasteiger charge is 2.33. The van der Waals surface area contributed by atoms with Crippen LogP contribution < -0.4 is 0 Å². The summed E-state index contributed by atoms with van der Waals surface area (Å²) in [5, 5.41) is 0. The molecule has 0 N–H and O–H groups in total. The topological polar surface area (TPSA) is 71.1 Å². The summed E-state index contributed by atoms with van der Waals surface area (Å²) in [7, 11) is 0. The summed E-state index contributed by atoms with van der Waals surface area (Å²) in [6, 6.07) is 16.7. The molecule has 0 unspecified atom stereocenters. The molecule has 2 aliphatic rings. The number of ether oxygens (including phenoxy) is 4. The van der Waals surface area contributed by atoms with Crippen LogP contribution in [-0.2, 0) is 28.5 Å². The minimum atomic E-state index is -0.630. The highest BCUT2D eigenvalue weighted by molar-refractivity contribution is 5.78. The minimum Gasteiger partial charge on any atom is -0.463 e. The van der Waals surface area contributed by atoms with Crippen LogP contribution in [0.15, 0.2) is 60.7 Å². The summed E-state index contributed by atoms with van der Waals surface area (Å²) >= 11 is 0. The number of benzene rings is 2. The number of rotatable bonds is 6. The number of hydrogen-bond acceptors (Lipinski definition) is 6. The molecule has 0 fully saturated rings. The van der Waals surface area contributed by atoms with Gasteiger partial charge in [-0.1, -0.05) is 48.5 Å². The van der Waals surface area contributed by atoms with E-state index in [-0.39, 0.29) is 12.5 Å². The van der Waals surface area contributed by atoms with Gasteiger partial charge in [-0.15, -0.1) is 0 Å². The van der Waals surface area contributed by atoms with E-state index in [9.17, 15) is 9.59 Å². The summed E-state index contributed by atoms with van der Waals surface area (Å²) in [4.78, 5) is 22.6. The number of hydrogen-bond donors (Lipinski definition) is 0. The fraction of sp³-hybridized carbons (Fsp3) is 0.333. The SMILES string of the molecule is CC(=O)OC[C@H]1O[C@H](OCC2c3ccccc3-c3ccccc32)C=C[C@@H]1OC(C)=O. The molecular formula is C24H24O6. The Morgan fingerprint density at radius 3 is 2.10 bits per heavy atom. The van der Waals surface area contributed by atoms with Crippen LogP contribution in [0, 0.1) is 0 Å². The Hall–Kier alpha value is -2.96. The van der Waals surface area contributed by atoms with E-state index < -0.39 is 30.4 Å². The molecule has 0 bridgehead atoms. The van der Waals surface area contributed by atoms with E-state index >= 15 is 0 Å². The smallest absolute Gasteiger partial charge is 0.303 e. The first kappa shape index (κ1) is 20.3. The Morgan fingerprint density at radius 1 is 0.867 bits per heavy atom. The molecular weight excluding hydrogens is 384 g/mol. The predicted molar refractivity (Wildman–Crippen MR) is 110 cm³/mol. The average Bonchev–Trinajstić information content (AvgIpc) is 3.05. The lowest BCUT2D eigenvalue weighted by molar-refractivity contribution is -0.197. The third kappa shape index (κ3) is 4.30. The van der Waals surface area contributed by atoms with Crippen molar-refractivity contribution >= 4 is 11.9 Å². The van der Waals surface area contributed by atoms with Crippen LogP contribution in [0.5, 0.6) is 0 Å². The van der Waals surface area contributed by atoms with Gasteiger partial charge in [0.15, 0.2) is 6.29 Å². The average molecular weight is 408 g/mol. The van der Waals surface area contributed by atoms with E-state index in [2.05, 4.69) is 24.3 Å². The molecule has 30 heavy (non-hydrogen) atoms. The van der Waals surface area contributed by atoms with Gasteiger partial charge in [0.2, 0.25) is 0 Å². The lowest BCUT2D eigenvalue weighted by Crippen LogP contribution is -2.42. The third-order valence-electron chi connectivity index (χ3n) is 5.28. The molecule has 1 aliphatic carbocycles. The molecule has 6 nitrogen and oxygen atoms in total. The van der Waals surface area contributed by atoms with Gasteiger partial charge in [-0.2, -0.15) is 0 Å². The highest BCUT2D eigenvalue weighted by Crippen LogP contribution is 2.44. The van der Waals surface area contributed by atoms with Gasteiger partial charge in [-0.05, 0) is 34.4 Å². The molecule has 0 radical (unpaired) electrons. The van der Waals surface area contributed by atoms with Crippen LogP contribution in [0.1, 0.15) is 30.9 Å². The zero-order valence-electron chi connectivity index (χ0n) is 16.9. The zero-order valence-corrected chi connectivity index (χ0v) is 16.9. The molecule has 0 saturated carbocycles. The Balaban J connectivity index is 1.47. The summed E-state index contributed by atoms with van der Waals surface area (Å²) in [5.41, 5.74) is 4.91. The fourth-order valence-corrected chi connectivity index (χ4v) is 3.98. The van der Waals surface area contributed by atoms with Crippen LogP contribution in [0.3, 0.4) is 0 Å². The van der Waals surface area contributed by atoms with Crippen molar-refractivity contribution in [2.24, 2.45) is 0 Å². The molecule has 3 atom stereocenters. The lowest BCUT2D eigenvalue weighted by atomic mass is 9.98. The van der Waals surface area contributed by atoms with Crippen LogP contribution in [0.2, 0.25) is 0 Å². The van der Waals surface area contributed by atoms with Gasteiger partial charge < -0.3 is 18.9 Å². The summed E-state index contributed by atoms with van der Waals surface area (Å²) in [6.07, 6.45) is 1.56. The maximum Gasteiger partial charge on any atom is 0.303 e. The summed E-state index contributed by atoms with van der Waals surface area (Å²) < 4.78 is 22.3. The van der Waals surface area contributed by atoms with Crippen molar-refractivity contribution in [1.82, 2.24) is 0 Å². The molecule has 2 aromatic rings. The monoisotopic (exact) mass is 408 g/mol. The Kier molecular flexibility index (Phi) is 5.97. The Morgan fingerprint density at radius 2 is 1.50 bits per heavy atom. The van der Waals surface area contributed by atoms with Crippen molar-refractivity contribution in [3.8, 4) is 11.1 Å². The number of fused-ring (bicyclic) bond motifs is 3. The first-order chi connectivity index (χ1) is 14.5. The molecule has 4 rings (SSSR count). The van der Waals surface area contributed by atoms with E-state index in [1.54, 1.807) is 12.2 Å². The van der Waals surface area contributed by atoms with Crippen LogP contribution in [0.25, 0.3) is 11.1 Å².